The highest BCUT2D eigenvalue weighted by Crippen LogP contribution is 2.53. The van der Waals surface area contributed by atoms with Crippen LogP contribution in [0.15, 0.2) is 0 Å². The van der Waals surface area contributed by atoms with Crippen molar-refractivity contribution in [2.45, 2.75) is 34.8 Å². The summed E-state index contributed by atoms with van der Waals surface area (Å²) in [4.78, 5) is 23.8. The SMILES string of the molecule is CC1(C)S(=O)[C@@H]2CC(=O)N2[C@@]1(Br)C(=O)O. The number of rotatable bonds is 1. The van der Waals surface area contributed by atoms with Gasteiger partial charge in [0.25, 0.3) is 0 Å². The molecule has 2 aliphatic heterocycles. The molecule has 0 saturated carbocycles. The highest BCUT2D eigenvalue weighted by atomic mass is 79.9. The van der Waals surface area contributed by atoms with Gasteiger partial charge in [-0.05, 0) is 29.8 Å². The second-order valence-corrected chi connectivity index (χ2v) is 7.46. The Morgan fingerprint density at radius 1 is 1.67 bits per heavy atom. The minimum absolute atomic E-state index is 0.177. The van der Waals surface area contributed by atoms with Gasteiger partial charge >= 0.3 is 5.97 Å². The molecule has 0 aromatic carbocycles. The van der Waals surface area contributed by atoms with E-state index in [2.05, 4.69) is 15.9 Å². The Labute approximate surface area is 97.4 Å². The molecule has 15 heavy (non-hydrogen) atoms. The lowest BCUT2D eigenvalue weighted by Crippen LogP contribution is -2.63. The molecule has 3 atom stereocenters. The number of alkyl halides is 1. The minimum atomic E-state index is -1.54. The van der Waals surface area contributed by atoms with E-state index in [1.54, 1.807) is 13.8 Å². The summed E-state index contributed by atoms with van der Waals surface area (Å²) in [7, 11) is -1.35. The number of β-lactam (4-membered cyclic amide) rings is 1. The number of aliphatic carboxylic acids is 1. The first-order valence-corrected chi connectivity index (χ1v) is 6.40. The number of amides is 1. The molecule has 2 heterocycles. The summed E-state index contributed by atoms with van der Waals surface area (Å²) in [6.45, 7) is 3.19. The van der Waals surface area contributed by atoms with Crippen LogP contribution in [-0.2, 0) is 20.4 Å². The van der Waals surface area contributed by atoms with Gasteiger partial charge < -0.3 is 10.0 Å². The molecule has 2 rings (SSSR count). The van der Waals surface area contributed by atoms with Crippen LogP contribution in [-0.4, -0.2) is 40.7 Å². The number of fused-ring (bicyclic) bond motifs is 1. The number of hydrogen-bond acceptors (Lipinski definition) is 3. The summed E-state index contributed by atoms with van der Waals surface area (Å²) in [5, 5.41) is 8.73. The standard InChI is InChI=1S/C8H10BrNO4S/c1-7(2)8(9,6(12)13)10-4(11)3-5(10)15(7)14/h5H,3H2,1-2H3,(H,12,13)/t5-,8+,15?/m1/s1. The van der Waals surface area contributed by atoms with Crippen molar-refractivity contribution in [3.63, 3.8) is 0 Å². The fourth-order valence-corrected chi connectivity index (χ4v) is 5.01. The summed E-state index contributed by atoms with van der Waals surface area (Å²) in [6, 6.07) is 0. The van der Waals surface area contributed by atoms with Crippen LogP contribution in [0, 0.1) is 0 Å². The zero-order chi connectivity index (χ0) is 11.6. The largest absolute Gasteiger partial charge is 0.479 e. The molecule has 84 valence electrons. The van der Waals surface area contributed by atoms with Gasteiger partial charge in [0.15, 0.2) is 0 Å². The Kier molecular flexibility index (Phi) is 2.08. The summed E-state index contributed by atoms with van der Waals surface area (Å²) in [6.07, 6.45) is 0.177. The molecular weight excluding hydrogens is 286 g/mol. The van der Waals surface area contributed by atoms with E-state index in [0.717, 1.165) is 0 Å². The minimum Gasteiger partial charge on any atom is -0.479 e. The molecule has 5 nitrogen and oxygen atoms in total. The average Bonchev–Trinajstić information content (AvgIpc) is 2.22. The van der Waals surface area contributed by atoms with E-state index in [4.69, 9.17) is 0 Å². The van der Waals surface area contributed by atoms with Gasteiger partial charge in [-0.3, -0.25) is 9.00 Å². The fourth-order valence-electron chi connectivity index (χ4n) is 2.05. The van der Waals surface area contributed by atoms with E-state index in [1.807, 2.05) is 0 Å². The first-order chi connectivity index (χ1) is 6.74. The third kappa shape index (κ3) is 1.00. The lowest BCUT2D eigenvalue weighted by Gasteiger charge is -2.41. The lowest BCUT2D eigenvalue weighted by molar-refractivity contribution is -0.159. The van der Waals surface area contributed by atoms with Gasteiger partial charge in [0, 0.05) is 0 Å². The Hall–Kier alpha value is -0.430. The van der Waals surface area contributed by atoms with Gasteiger partial charge in [-0.2, -0.15) is 0 Å². The van der Waals surface area contributed by atoms with Gasteiger partial charge in [-0.15, -0.1) is 0 Å². The second kappa shape index (κ2) is 2.82. The zero-order valence-corrected chi connectivity index (χ0v) is 10.6. The van der Waals surface area contributed by atoms with Crippen molar-refractivity contribution in [2.75, 3.05) is 0 Å². The number of carbonyl (C=O) groups excluding carboxylic acids is 1. The van der Waals surface area contributed by atoms with Crippen LogP contribution in [0.4, 0.5) is 0 Å². The van der Waals surface area contributed by atoms with Crippen LogP contribution >= 0.6 is 15.9 Å². The summed E-state index contributed by atoms with van der Waals surface area (Å²) in [5.74, 6) is -1.44. The van der Waals surface area contributed by atoms with Crippen LogP contribution in [0.1, 0.15) is 20.3 Å². The highest BCUT2D eigenvalue weighted by Gasteiger charge is 2.72. The molecule has 2 aliphatic rings. The van der Waals surface area contributed by atoms with Crippen molar-refractivity contribution in [3.05, 3.63) is 0 Å². The zero-order valence-electron chi connectivity index (χ0n) is 8.19. The molecule has 1 N–H and O–H groups in total. The molecule has 0 spiro atoms. The summed E-state index contributed by atoms with van der Waals surface area (Å²) < 4.78 is 9.45. The molecule has 0 aromatic rings. The third-order valence-corrected chi connectivity index (χ3v) is 7.22. The van der Waals surface area contributed by atoms with Gasteiger partial charge in [-0.25, -0.2) is 4.79 Å². The van der Waals surface area contributed by atoms with Crippen molar-refractivity contribution in [1.82, 2.24) is 4.90 Å². The van der Waals surface area contributed by atoms with Crippen molar-refractivity contribution in [1.29, 1.82) is 0 Å². The molecule has 0 bridgehead atoms. The Morgan fingerprint density at radius 2 is 2.20 bits per heavy atom. The predicted molar refractivity (Wildman–Crippen MR) is 56.8 cm³/mol. The number of halogens is 1. The molecule has 7 heteroatoms. The molecule has 0 aromatic heterocycles. The van der Waals surface area contributed by atoms with Crippen LogP contribution < -0.4 is 0 Å². The lowest BCUT2D eigenvalue weighted by atomic mass is 9.98. The maximum Gasteiger partial charge on any atom is 0.342 e. The quantitative estimate of drug-likeness (QED) is 0.428. The third-order valence-electron chi connectivity index (χ3n) is 3.07. The fraction of sp³-hybridized carbons (Fsp3) is 0.750. The van der Waals surface area contributed by atoms with E-state index in [0.29, 0.717) is 0 Å². The van der Waals surface area contributed by atoms with Crippen molar-refractivity contribution in [3.8, 4) is 0 Å². The number of carboxylic acid groups (broad SMARTS) is 1. The maximum atomic E-state index is 12.0. The normalized spacial score (nSPS) is 42.3. The van der Waals surface area contributed by atoms with E-state index < -0.39 is 31.3 Å². The molecule has 0 aliphatic carbocycles. The van der Waals surface area contributed by atoms with Gasteiger partial charge in [0.05, 0.1) is 22.0 Å². The first-order valence-electron chi connectivity index (χ1n) is 4.39. The highest BCUT2D eigenvalue weighted by molar-refractivity contribution is 9.10. The number of carbonyl (C=O) groups is 2. The molecule has 1 unspecified atom stereocenters. The van der Waals surface area contributed by atoms with Crippen LogP contribution in [0.5, 0.6) is 0 Å². The molecular formula is C8H10BrNO4S. The van der Waals surface area contributed by atoms with Gasteiger partial charge in [0.1, 0.15) is 5.37 Å². The van der Waals surface area contributed by atoms with Gasteiger partial charge in [0.2, 0.25) is 10.4 Å². The Bertz CT molecular complexity index is 396. The van der Waals surface area contributed by atoms with Crippen LogP contribution in [0.25, 0.3) is 0 Å². The van der Waals surface area contributed by atoms with E-state index in [1.165, 1.54) is 4.90 Å². The molecule has 2 saturated heterocycles. The first kappa shape index (κ1) is 11.1. The molecule has 0 radical (unpaired) electrons. The maximum absolute atomic E-state index is 12.0. The monoisotopic (exact) mass is 295 g/mol. The van der Waals surface area contributed by atoms with Crippen molar-refractivity contribution in [2.24, 2.45) is 0 Å². The van der Waals surface area contributed by atoms with E-state index >= 15 is 0 Å². The summed E-state index contributed by atoms with van der Waals surface area (Å²) >= 11 is 3.08. The van der Waals surface area contributed by atoms with E-state index in [-0.39, 0.29) is 12.3 Å². The average molecular weight is 296 g/mol. The van der Waals surface area contributed by atoms with Crippen LogP contribution in [0.3, 0.4) is 0 Å². The molecule has 1 amide bonds. The Balaban J connectivity index is 2.57. The van der Waals surface area contributed by atoms with Crippen molar-refractivity contribution >= 4 is 38.6 Å². The number of carboxylic acids is 1. The van der Waals surface area contributed by atoms with E-state index in [9.17, 15) is 18.9 Å². The van der Waals surface area contributed by atoms with Crippen molar-refractivity contribution < 1.29 is 18.9 Å². The smallest absolute Gasteiger partial charge is 0.342 e. The summed E-state index contributed by atoms with van der Waals surface area (Å²) in [5.41, 5.74) is 0. The number of nitrogens with zero attached hydrogens (tertiary/aromatic N) is 1. The Morgan fingerprint density at radius 3 is 2.53 bits per heavy atom. The number of hydrogen-bond donors (Lipinski definition) is 1. The predicted octanol–water partition coefficient (Wildman–Crippen LogP) is 0.262. The van der Waals surface area contributed by atoms with Gasteiger partial charge in [-0.1, -0.05) is 0 Å². The second-order valence-electron chi connectivity index (χ2n) is 4.16. The topological polar surface area (TPSA) is 74.7 Å². The van der Waals surface area contributed by atoms with Crippen LogP contribution in [0.2, 0.25) is 0 Å². The molecule has 2 fully saturated rings.